The summed E-state index contributed by atoms with van der Waals surface area (Å²) < 4.78 is 20.5. The molecule has 1 heterocycles. The smallest absolute Gasteiger partial charge is 0.147 e. The maximum atomic E-state index is 6.47. The predicted octanol–water partition coefficient (Wildman–Crippen LogP) is 8.09. The van der Waals surface area contributed by atoms with E-state index in [0.717, 1.165) is 28.4 Å². The van der Waals surface area contributed by atoms with Crippen molar-refractivity contribution in [1.82, 2.24) is 0 Å². The van der Waals surface area contributed by atoms with Gasteiger partial charge in [0.2, 0.25) is 0 Å². The Morgan fingerprint density at radius 1 is 0.727 bits per heavy atom. The zero-order valence-electron chi connectivity index (χ0n) is 20.8. The van der Waals surface area contributed by atoms with E-state index >= 15 is 0 Å². The van der Waals surface area contributed by atoms with Crippen molar-refractivity contribution < 1.29 is 29.2 Å². The van der Waals surface area contributed by atoms with Crippen LogP contribution in [0.2, 0.25) is 0 Å². The first-order valence-electron chi connectivity index (χ1n) is 10.8. The van der Waals surface area contributed by atoms with Gasteiger partial charge in [0, 0.05) is 0 Å². The molecule has 0 radical (unpaired) electrons. The van der Waals surface area contributed by atoms with Gasteiger partial charge in [-0.2, -0.15) is 0 Å². The van der Waals surface area contributed by atoms with Crippen LogP contribution in [0.4, 0.5) is 0 Å². The van der Waals surface area contributed by atoms with E-state index in [4.69, 9.17) is 11.1 Å². The molecule has 0 atom stereocenters. The maximum absolute atomic E-state index is 6.47. The van der Waals surface area contributed by atoms with Crippen LogP contribution in [0.25, 0.3) is 0 Å². The molecule has 3 aromatic rings. The monoisotopic (exact) mass is 526 g/mol. The van der Waals surface area contributed by atoms with Crippen LogP contribution in [0.5, 0.6) is 11.5 Å². The van der Waals surface area contributed by atoms with Gasteiger partial charge in [-0.05, 0) is 0 Å². The first-order chi connectivity index (χ1) is 14.4. The van der Waals surface area contributed by atoms with Crippen molar-refractivity contribution in [1.29, 1.82) is 0 Å². The molecule has 0 unspecified atom stereocenters. The Bertz CT molecular complexity index is 1010. The minimum atomic E-state index is -2.60. The van der Waals surface area contributed by atoms with Crippen molar-refractivity contribution >= 4 is 29.1 Å². The summed E-state index contributed by atoms with van der Waals surface area (Å²) in [5.74, 6) is 2.52. The van der Waals surface area contributed by atoms with Crippen LogP contribution in [0.1, 0.15) is 69.6 Å². The second-order valence-corrected chi connectivity index (χ2v) is 12.2. The normalized spacial score (nSPS) is 11.2. The van der Waals surface area contributed by atoms with Crippen LogP contribution >= 0.6 is 24.8 Å². The first kappa shape index (κ1) is 29.5. The minimum Gasteiger partial charge on any atom is -0.147 e. The fourth-order valence-electron chi connectivity index (χ4n) is 3.25. The van der Waals surface area contributed by atoms with Crippen molar-refractivity contribution in [3.05, 3.63) is 82.8 Å². The second-order valence-electron chi connectivity index (χ2n) is 10.1. The number of hydrogen-bond donors (Lipinski definition) is 0. The molecule has 0 aliphatic carbocycles. The van der Waals surface area contributed by atoms with E-state index < -0.39 is 18.2 Å². The van der Waals surface area contributed by atoms with Crippen molar-refractivity contribution in [2.75, 3.05) is 0 Å². The van der Waals surface area contributed by atoms with Crippen LogP contribution in [0, 0.1) is 13.8 Å². The predicted molar refractivity (Wildman–Crippen MR) is 139 cm³/mol. The zero-order valence-corrected chi connectivity index (χ0v) is 24.0. The van der Waals surface area contributed by atoms with E-state index in [2.05, 4.69) is 91.8 Å². The molecule has 0 spiro atoms. The number of halogens is 2. The molecule has 2 aromatic carbocycles. The fraction of sp³-hybridized carbons (Fsp3) is 0.370. The van der Waals surface area contributed by atoms with Gasteiger partial charge in [-0.25, -0.2) is 0 Å². The number of furan rings is 1. The van der Waals surface area contributed by atoms with Crippen molar-refractivity contribution in [3.63, 3.8) is 0 Å². The summed E-state index contributed by atoms with van der Waals surface area (Å²) in [6.07, 6.45) is 1.68. The van der Waals surface area contributed by atoms with Crippen LogP contribution < -0.4 is 6.64 Å². The number of hydrogen-bond acceptors (Lipinski definition) is 3. The van der Waals surface area contributed by atoms with Crippen LogP contribution in [-0.4, -0.2) is 4.31 Å². The zero-order chi connectivity index (χ0) is 22.8. The van der Waals surface area contributed by atoms with E-state index in [0.29, 0.717) is 0 Å². The second kappa shape index (κ2) is 11.8. The summed E-state index contributed by atoms with van der Waals surface area (Å²) in [7, 11) is 0. The summed E-state index contributed by atoms with van der Waals surface area (Å²) in [5, 5.41) is 0. The van der Waals surface area contributed by atoms with Gasteiger partial charge >= 0.3 is 194 Å². The number of benzene rings is 2. The largest absolute Gasteiger partial charge is 0.147 e. The number of aryl methyl sites for hydroxylation is 2. The van der Waals surface area contributed by atoms with Gasteiger partial charge in [0.25, 0.3) is 0 Å². The molecule has 1 aromatic heterocycles. The van der Waals surface area contributed by atoms with Gasteiger partial charge in [-0.3, -0.25) is 0 Å². The van der Waals surface area contributed by atoms with Gasteiger partial charge in [-0.1, -0.05) is 0 Å². The van der Waals surface area contributed by atoms with Crippen LogP contribution in [-0.2, 0) is 29.0 Å². The molecule has 0 aliphatic rings. The third kappa shape index (κ3) is 8.03. The van der Waals surface area contributed by atoms with E-state index in [1.807, 2.05) is 16.4 Å². The van der Waals surface area contributed by atoms with E-state index in [9.17, 15) is 0 Å². The fourth-order valence-corrected chi connectivity index (χ4v) is 5.51. The Balaban J connectivity index is 0.00000272. The Kier molecular flexibility index (Phi) is 10.5. The quantitative estimate of drug-likeness (QED) is 0.315. The SMILES string of the molecule is Cc1cc(C(C)(C)C)ccc1[O][Ti](=[CH]c1ccco1)[O]c1ccc(C(C)(C)C)cc1C.Cl.Cl. The Morgan fingerprint density at radius 3 is 1.52 bits per heavy atom. The first-order valence-corrected chi connectivity index (χ1v) is 12.9. The van der Waals surface area contributed by atoms with Crippen LogP contribution in [0.15, 0.2) is 59.2 Å². The third-order valence-corrected chi connectivity index (χ3v) is 7.43. The molecule has 180 valence electrons. The van der Waals surface area contributed by atoms with E-state index in [-0.39, 0.29) is 35.6 Å². The van der Waals surface area contributed by atoms with Crippen molar-refractivity contribution in [3.8, 4) is 11.5 Å². The molecule has 3 rings (SSSR count). The Labute approximate surface area is 218 Å². The molecule has 6 heteroatoms. The number of rotatable bonds is 5. The molecule has 0 saturated carbocycles. The molecule has 33 heavy (non-hydrogen) atoms. The van der Waals surface area contributed by atoms with Crippen molar-refractivity contribution in [2.45, 2.75) is 66.2 Å². The third-order valence-electron chi connectivity index (χ3n) is 5.31. The minimum absolute atomic E-state index is 0. The molecular formula is C27H36Cl2O3Ti. The average molecular weight is 527 g/mol. The Morgan fingerprint density at radius 2 is 1.18 bits per heavy atom. The summed E-state index contributed by atoms with van der Waals surface area (Å²) in [4.78, 5) is 0. The van der Waals surface area contributed by atoms with Gasteiger partial charge < -0.3 is 0 Å². The molecule has 0 fully saturated rings. The summed E-state index contributed by atoms with van der Waals surface area (Å²) in [6, 6.07) is 16.7. The van der Waals surface area contributed by atoms with E-state index in [1.165, 1.54) is 11.1 Å². The molecule has 0 aliphatic heterocycles. The van der Waals surface area contributed by atoms with Gasteiger partial charge in [0.05, 0.1) is 0 Å². The molecule has 0 bridgehead atoms. The summed E-state index contributed by atoms with van der Waals surface area (Å²) >= 11 is -2.60. The average Bonchev–Trinajstić information content (AvgIpc) is 3.16. The summed E-state index contributed by atoms with van der Waals surface area (Å²) in [5.41, 5.74) is 5.03. The summed E-state index contributed by atoms with van der Waals surface area (Å²) in [6.45, 7) is 17.5. The van der Waals surface area contributed by atoms with Gasteiger partial charge in [0.15, 0.2) is 0 Å². The van der Waals surface area contributed by atoms with Crippen molar-refractivity contribution in [2.24, 2.45) is 0 Å². The maximum Gasteiger partial charge on any atom is -0.147 e. The topological polar surface area (TPSA) is 31.6 Å². The van der Waals surface area contributed by atoms with Crippen LogP contribution in [0.3, 0.4) is 0 Å². The standard InChI is InChI=1S/2C11H16O.C5H4O.2ClH.Ti/c2*1-8-7-9(11(2,3)4)5-6-10(8)12;1-5-3-2-4-6-5;;;/h2*5-7,12H,1-4H3;1-4H;2*1H;/q;;;;;+2/p-2. The molecule has 0 amide bonds. The molecule has 0 N–H and O–H groups in total. The van der Waals surface area contributed by atoms with E-state index in [1.54, 1.807) is 6.26 Å². The Hall–Kier alpha value is -1.52. The molecular weight excluding hydrogens is 491 g/mol. The van der Waals surface area contributed by atoms with Gasteiger partial charge in [0.1, 0.15) is 0 Å². The van der Waals surface area contributed by atoms with Gasteiger partial charge in [-0.15, -0.1) is 24.8 Å². The molecule has 0 saturated heterocycles. The molecule has 3 nitrogen and oxygen atoms in total.